The maximum atomic E-state index is 14.0. The molecular weight excluding hydrogens is 510 g/mol. The minimum Gasteiger partial charge on any atom is -0.354 e. The Hall–Kier alpha value is -3.65. The van der Waals surface area contributed by atoms with E-state index in [9.17, 15) is 18.0 Å². The number of aryl methyl sites for hydroxylation is 2. The summed E-state index contributed by atoms with van der Waals surface area (Å²) in [4.78, 5) is 29.2. The highest BCUT2D eigenvalue weighted by Gasteiger charge is 2.33. The van der Waals surface area contributed by atoms with E-state index < -0.39 is 28.5 Å². The monoisotopic (exact) mass is 549 g/mol. The second-order valence-electron chi connectivity index (χ2n) is 10.5. The van der Waals surface area contributed by atoms with Gasteiger partial charge in [-0.25, -0.2) is 8.42 Å². The van der Waals surface area contributed by atoms with Crippen LogP contribution in [0.5, 0.6) is 0 Å². The van der Waals surface area contributed by atoms with Crippen molar-refractivity contribution in [3.63, 3.8) is 0 Å². The van der Waals surface area contributed by atoms with E-state index in [1.165, 1.54) is 4.90 Å². The number of benzene rings is 3. The molecule has 3 rings (SSSR count). The van der Waals surface area contributed by atoms with Crippen LogP contribution in [-0.4, -0.2) is 50.5 Å². The van der Waals surface area contributed by atoms with Crippen LogP contribution in [0.25, 0.3) is 0 Å². The Labute approximate surface area is 232 Å². The van der Waals surface area contributed by atoms with Gasteiger partial charge >= 0.3 is 0 Å². The summed E-state index contributed by atoms with van der Waals surface area (Å²) in [5.41, 5.74) is 4.12. The van der Waals surface area contributed by atoms with Crippen LogP contribution in [0, 0.1) is 19.8 Å². The molecule has 0 unspecified atom stereocenters. The molecule has 208 valence electrons. The van der Waals surface area contributed by atoms with E-state index in [0.717, 1.165) is 32.8 Å². The van der Waals surface area contributed by atoms with Crippen molar-refractivity contribution in [3.05, 3.63) is 101 Å². The normalized spacial score (nSPS) is 12.2. The number of hydrogen-bond donors (Lipinski definition) is 1. The van der Waals surface area contributed by atoms with E-state index in [1.807, 2.05) is 88.4 Å². The van der Waals surface area contributed by atoms with Gasteiger partial charge in [-0.3, -0.25) is 13.9 Å². The van der Waals surface area contributed by atoms with Crippen molar-refractivity contribution >= 4 is 27.5 Å². The highest BCUT2D eigenvalue weighted by atomic mass is 32.2. The molecule has 0 aliphatic heterocycles. The van der Waals surface area contributed by atoms with Gasteiger partial charge in [0.15, 0.2) is 0 Å². The van der Waals surface area contributed by atoms with E-state index in [0.29, 0.717) is 18.7 Å². The lowest BCUT2D eigenvalue weighted by molar-refractivity contribution is -0.140. The van der Waals surface area contributed by atoms with Crippen LogP contribution < -0.4 is 9.62 Å². The van der Waals surface area contributed by atoms with Gasteiger partial charge in [0.25, 0.3) is 0 Å². The number of rotatable bonds is 12. The molecule has 0 saturated heterocycles. The van der Waals surface area contributed by atoms with Crippen molar-refractivity contribution in [1.29, 1.82) is 0 Å². The van der Waals surface area contributed by atoms with E-state index in [-0.39, 0.29) is 18.4 Å². The summed E-state index contributed by atoms with van der Waals surface area (Å²) in [6.07, 6.45) is 1.38. The number of sulfonamides is 1. The van der Waals surface area contributed by atoms with Crippen molar-refractivity contribution in [2.75, 3.05) is 23.7 Å². The van der Waals surface area contributed by atoms with Crippen molar-refractivity contribution in [2.45, 2.75) is 46.7 Å². The number of nitrogens with one attached hydrogen (secondary N) is 1. The molecule has 0 bridgehead atoms. The molecule has 0 aromatic heterocycles. The van der Waals surface area contributed by atoms with Gasteiger partial charge in [0.05, 0.1) is 11.9 Å². The van der Waals surface area contributed by atoms with Crippen molar-refractivity contribution in [2.24, 2.45) is 5.92 Å². The van der Waals surface area contributed by atoms with Gasteiger partial charge in [-0.2, -0.15) is 0 Å². The van der Waals surface area contributed by atoms with Crippen LogP contribution in [-0.2, 0) is 32.6 Å². The first-order valence-corrected chi connectivity index (χ1v) is 15.0. The highest BCUT2D eigenvalue weighted by molar-refractivity contribution is 7.92. The standard InChI is InChI=1S/C31H39N3O4S/c1-23(2)20-32-31(36)29(19-26-11-7-6-8-12-26)33(21-27-16-14-24(3)15-17-27)30(35)22-34(39(5,37)38)28-13-9-10-25(4)18-28/h6-18,23,29H,19-22H2,1-5H3,(H,32,36)/t29-/m0/s1. The first kappa shape index (κ1) is 29.9. The SMILES string of the molecule is Cc1ccc(CN(C(=O)CN(c2cccc(C)c2)S(C)(=O)=O)[C@@H](Cc2ccccc2)C(=O)NCC(C)C)cc1. The predicted octanol–water partition coefficient (Wildman–Crippen LogP) is 4.48. The van der Waals surface area contributed by atoms with Crippen LogP contribution in [0.1, 0.15) is 36.1 Å². The molecule has 0 fully saturated rings. The third kappa shape index (κ3) is 8.96. The molecule has 0 aliphatic carbocycles. The number of amides is 2. The van der Waals surface area contributed by atoms with Gasteiger partial charge in [-0.05, 0) is 48.6 Å². The fourth-order valence-electron chi connectivity index (χ4n) is 4.26. The summed E-state index contributed by atoms with van der Waals surface area (Å²) < 4.78 is 26.8. The Bertz CT molecular complexity index is 1360. The zero-order valence-electron chi connectivity index (χ0n) is 23.4. The largest absolute Gasteiger partial charge is 0.354 e. The van der Waals surface area contributed by atoms with Gasteiger partial charge in [0.1, 0.15) is 12.6 Å². The van der Waals surface area contributed by atoms with E-state index in [4.69, 9.17) is 0 Å². The van der Waals surface area contributed by atoms with Gasteiger partial charge in [-0.1, -0.05) is 86.1 Å². The number of carbonyl (C=O) groups is 2. The number of nitrogens with zero attached hydrogens (tertiary/aromatic N) is 2. The Morgan fingerprint density at radius 2 is 1.51 bits per heavy atom. The van der Waals surface area contributed by atoms with E-state index in [1.54, 1.807) is 18.2 Å². The average molecular weight is 550 g/mol. The summed E-state index contributed by atoms with van der Waals surface area (Å²) >= 11 is 0. The molecule has 1 atom stereocenters. The molecule has 2 amide bonds. The molecule has 0 radical (unpaired) electrons. The molecule has 1 N–H and O–H groups in total. The van der Waals surface area contributed by atoms with Crippen LogP contribution in [0.3, 0.4) is 0 Å². The average Bonchev–Trinajstić information content (AvgIpc) is 2.88. The molecule has 7 nitrogen and oxygen atoms in total. The summed E-state index contributed by atoms with van der Waals surface area (Å²) in [5, 5.41) is 2.99. The smallest absolute Gasteiger partial charge is 0.244 e. The Morgan fingerprint density at radius 3 is 2.10 bits per heavy atom. The highest BCUT2D eigenvalue weighted by Crippen LogP contribution is 2.21. The minimum absolute atomic E-state index is 0.164. The number of hydrogen-bond acceptors (Lipinski definition) is 4. The third-order valence-electron chi connectivity index (χ3n) is 6.40. The predicted molar refractivity (Wildman–Crippen MR) is 157 cm³/mol. The second kappa shape index (κ2) is 13.4. The maximum absolute atomic E-state index is 14.0. The lowest BCUT2D eigenvalue weighted by Gasteiger charge is -2.33. The molecule has 0 saturated carbocycles. The molecular formula is C31H39N3O4S. The number of anilines is 1. The lowest BCUT2D eigenvalue weighted by atomic mass is 10.0. The molecule has 39 heavy (non-hydrogen) atoms. The van der Waals surface area contributed by atoms with E-state index in [2.05, 4.69) is 5.32 Å². The van der Waals surface area contributed by atoms with Crippen molar-refractivity contribution in [3.8, 4) is 0 Å². The Morgan fingerprint density at radius 1 is 0.846 bits per heavy atom. The first-order valence-electron chi connectivity index (χ1n) is 13.1. The first-order chi connectivity index (χ1) is 18.4. The van der Waals surface area contributed by atoms with E-state index >= 15 is 0 Å². The van der Waals surface area contributed by atoms with Gasteiger partial charge < -0.3 is 10.2 Å². The zero-order valence-corrected chi connectivity index (χ0v) is 24.2. The summed E-state index contributed by atoms with van der Waals surface area (Å²) in [7, 11) is -3.78. The Balaban J connectivity index is 2.04. The lowest BCUT2D eigenvalue weighted by Crippen LogP contribution is -2.53. The van der Waals surface area contributed by atoms with Crippen molar-refractivity contribution < 1.29 is 18.0 Å². The molecule has 0 heterocycles. The van der Waals surface area contributed by atoms with Gasteiger partial charge in [0, 0.05) is 19.5 Å². The fraction of sp³-hybridized carbons (Fsp3) is 0.355. The molecule has 0 spiro atoms. The van der Waals surface area contributed by atoms with Gasteiger partial charge in [-0.15, -0.1) is 0 Å². The van der Waals surface area contributed by atoms with Crippen LogP contribution >= 0.6 is 0 Å². The summed E-state index contributed by atoms with van der Waals surface area (Å²) in [6, 6.07) is 23.5. The van der Waals surface area contributed by atoms with Crippen molar-refractivity contribution in [1.82, 2.24) is 10.2 Å². The van der Waals surface area contributed by atoms with Gasteiger partial charge in [0.2, 0.25) is 21.8 Å². The molecule has 8 heteroatoms. The second-order valence-corrected chi connectivity index (χ2v) is 12.4. The molecule has 3 aromatic rings. The maximum Gasteiger partial charge on any atom is 0.244 e. The van der Waals surface area contributed by atoms with Crippen LogP contribution in [0.2, 0.25) is 0 Å². The molecule has 3 aromatic carbocycles. The van der Waals surface area contributed by atoms with Crippen LogP contribution in [0.15, 0.2) is 78.9 Å². The third-order valence-corrected chi connectivity index (χ3v) is 7.54. The Kier molecular flexibility index (Phi) is 10.3. The minimum atomic E-state index is -3.78. The molecule has 0 aliphatic rings. The number of carbonyl (C=O) groups excluding carboxylic acids is 2. The zero-order chi connectivity index (χ0) is 28.6. The summed E-state index contributed by atoms with van der Waals surface area (Å²) in [6.45, 7) is 8.07. The summed E-state index contributed by atoms with van der Waals surface area (Å²) in [5.74, 6) is -0.493. The topological polar surface area (TPSA) is 86.8 Å². The quantitative estimate of drug-likeness (QED) is 0.361. The fourth-order valence-corrected chi connectivity index (χ4v) is 5.10. The van der Waals surface area contributed by atoms with Crippen LogP contribution in [0.4, 0.5) is 5.69 Å².